The Morgan fingerprint density at radius 1 is 1.16 bits per heavy atom. The quantitative estimate of drug-likeness (QED) is 0.799. The van der Waals surface area contributed by atoms with E-state index >= 15 is 0 Å². The third-order valence-electron chi connectivity index (χ3n) is 3.74. The molecule has 0 saturated heterocycles. The first-order chi connectivity index (χ1) is 11.8. The summed E-state index contributed by atoms with van der Waals surface area (Å²) in [7, 11) is 1.49. The van der Waals surface area contributed by atoms with Gasteiger partial charge in [-0.05, 0) is 38.1 Å². The topological polar surface area (TPSA) is 50.4 Å². The fourth-order valence-electron chi connectivity index (χ4n) is 2.41. The van der Waals surface area contributed by atoms with E-state index < -0.39 is 23.7 Å². The molecule has 7 heteroatoms. The molecule has 2 aromatic carbocycles. The van der Waals surface area contributed by atoms with Gasteiger partial charge < -0.3 is 10.1 Å². The molecule has 25 heavy (non-hydrogen) atoms. The molecule has 2 rings (SSSR count). The van der Waals surface area contributed by atoms with Crippen LogP contribution in [0.3, 0.4) is 0 Å². The van der Waals surface area contributed by atoms with Gasteiger partial charge in [-0.15, -0.1) is 0 Å². The van der Waals surface area contributed by atoms with Crippen molar-refractivity contribution in [1.29, 1.82) is 0 Å². The van der Waals surface area contributed by atoms with Gasteiger partial charge >= 0.3 is 0 Å². The first kappa shape index (κ1) is 19.1. The number of ether oxygens (including phenoxy) is 1. The predicted octanol–water partition coefficient (Wildman–Crippen LogP) is 4.30. The molecule has 2 N–H and O–H groups in total. The summed E-state index contributed by atoms with van der Waals surface area (Å²) >= 11 is 5.94. The van der Waals surface area contributed by atoms with Crippen molar-refractivity contribution in [3.8, 4) is 5.75 Å². The van der Waals surface area contributed by atoms with Crippen LogP contribution in [0.1, 0.15) is 25.5 Å². The van der Waals surface area contributed by atoms with Gasteiger partial charge in [0.15, 0.2) is 0 Å². The minimum absolute atomic E-state index is 0.279. The van der Waals surface area contributed by atoms with Gasteiger partial charge in [0, 0.05) is 22.7 Å². The van der Waals surface area contributed by atoms with Crippen molar-refractivity contribution in [2.24, 2.45) is 0 Å². The highest BCUT2D eigenvalue weighted by Gasteiger charge is 2.20. The number of amides is 1. The number of halogens is 3. The number of hydrogen-bond donors (Lipinski definition) is 2. The zero-order valence-corrected chi connectivity index (χ0v) is 14.8. The van der Waals surface area contributed by atoms with Crippen molar-refractivity contribution >= 4 is 23.2 Å². The summed E-state index contributed by atoms with van der Waals surface area (Å²) in [6, 6.07) is 7.10. The molecule has 0 spiro atoms. The van der Waals surface area contributed by atoms with Crippen molar-refractivity contribution in [3.63, 3.8) is 0 Å². The van der Waals surface area contributed by atoms with E-state index in [2.05, 4.69) is 10.6 Å². The lowest BCUT2D eigenvalue weighted by Crippen LogP contribution is -2.39. The Morgan fingerprint density at radius 2 is 1.88 bits per heavy atom. The lowest BCUT2D eigenvalue weighted by molar-refractivity contribution is -0.118. The van der Waals surface area contributed by atoms with Crippen LogP contribution in [-0.2, 0) is 4.79 Å². The molecule has 0 saturated carbocycles. The largest absolute Gasteiger partial charge is 0.495 e. The molecule has 0 fully saturated rings. The van der Waals surface area contributed by atoms with E-state index in [1.165, 1.54) is 19.2 Å². The summed E-state index contributed by atoms with van der Waals surface area (Å²) in [5.74, 6) is -1.17. The molecule has 2 atom stereocenters. The zero-order chi connectivity index (χ0) is 18.6. The molecule has 0 unspecified atom stereocenters. The molecule has 0 aliphatic heterocycles. The maximum atomic E-state index is 13.8. The van der Waals surface area contributed by atoms with Crippen LogP contribution in [0.15, 0.2) is 36.4 Å². The summed E-state index contributed by atoms with van der Waals surface area (Å²) in [4.78, 5) is 12.4. The smallest absolute Gasteiger partial charge is 0.241 e. The van der Waals surface area contributed by atoms with Crippen molar-refractivity contribution in [1.82, 2.24) is 5.32 Å². The zero-order valence-electron chi connectivity index (χ0n) is 14.1. The molecular weight excluding hydrogens is 350 g/mol. The molecule has 0 heterocycles. The Kier molecular flexibility index (Phi) is 6.33. The summed E-state index contributed by atoms with van der Waals surface area (Å²) in [5.41, 5.74) is 0.718. The second kappa shape index (κ2) is 8.27. The first-order valence-corrected chi connectivity index (χ1v) is 8.05. The molecule has 0 bridgehead atoms. The van der Waals surface area contributed by atoms with Gasteiger partial charge in [-0.2, -0.15) is 0 Å². The minimum Gasteiger partial charge on any atom is -0.495 e. The van der Waals surface area contributed by atoms with Crippen LogP contribution >= 0.6 is 11.6 Å². The van der Waals surface area contributed by atoms with Gasteiger partial charge in [-0.1, -0.05) is 17.7 Å². The highest BCUT2D eigenvalue weighted by atomic mass is 35.5. The van der Waals surface area contributed by atoms with Crippen molar-refractivity contribution in [2.75, 3.05) is 12.4 Å². The van der Waals surface area contributed by atoms with Crippen LogP contribution < -0.4 is 15.4 Å². The van der Waals surface area contributed by atoms with E-state index in [1.807, 2.05) is 0 Å². The average molecular weight is 369 g/mol. The van der Waals surface area contributed by atoms with Gasteiger partial charge in [0.05, 0.1) is 18.8 Å². The van der Waals surface area contributed by atoms with Gasteiger partial charge in [-0.3, -0.25) is 10.1 Å². The Bertz CT molecular complexity index is 771. The minimum atomic E-state index is -0.663. The number of benzene rings is 2. The molecule has 2 aromatic rings. The van der Waals surface area contributed by atoms with Crippen molar-refractivity contribution < 1.29 is 18.3 Å². The molecule has 0 aliphatic carbocycles. The van der Waals surface area contributed by atoms with Crippen molar-refractivity contribution in [2.45, 2.75) is 25.9 Å². The van der Waals surface area contributed by atoms with Crippen LogP contribution in [0.4, 0.5) is 14.5 Å². The molecule has 4 nitrogen and oxygen atoms in total. The fourth-order valence-corrected chi connectivity index (χ4v) is 2.58. The SMILES string of the molecule is COc1ccc(Cl)cc1NC(=O)[C@@H](C)N[C@@H](C)c1ccc(F)cc1F. The van der Waals surface area contributed by atoms with E-state index in [0.29, 0.717) is 16.5 Å². The molecule has 1 amide bonds. The molecular formula is C18H19ClF2N2O2. The Balaban J connectivity index is 2.06. The Morgan fingerprint density at radius 3 is 2.52 bits per heavy atom. The number of hydrogen-bond acceptors (Lipinski definition) is 3. The standard InChI is InChI=1S/C18H19ClF2N2O2/c1-10(14-6-5-13(20)9-15(14)21)22-11(2)18(24)23-16-8-12(19)4-7-17(16)25-3/h4-11,22H,1-3H3,(H,23,24)/t10-,11+/m0/s1. The number of methoxy groups -OCH3 is 1. The molecule has 0 aliphatic rings. The number of nitrogens with one attached hydrogen (secondary N) is 2. The number of rotatable bonds is 6. The predicted molar refractivity (Wildman–Crippen MR) is 94.0 cm³/mol. The summed E-state index contributed by atoms with van der Waals surface area (Å²) in [5, 5.41) is 6.16. The normalized spacial score (nSPS) is 13.2. The highest BCUT2D eigenvalue weighted by Crippen LogP contribution is 2.28. The third kappa shape index (κ3) is 4.90. The number of carbonyl (C=O) groups excluding carboxylic acids is 1. The van der Waals surface area contributed by atoms with Crippen LogP contribution in [-0.4, -0.2) is 19.1 Å². The lowest BCUT2D eigenvalue weighted by atomic mass is 10.1. The van der Waals surface area contributed by atoms with Gasteiger partial charge in [0.1, 0.15) is 17.4 Å². The Labute approximate surface area is 150 Å². The lowest BCUT2D eigenvalue weighted by Gasteiger charge is -2.21. The van der Waals surface area contributed by atoms with Crippen LogP contribution in [0.25, 0.3) is 0 Å². The summed E-state index contributed by atoms with van der Waals surface area (Å²) < 4.78 is 32.0. The van der Waals surface area contributed by atoms with Gasteiger partial charge in [0.25, 0.3) is 0 Å². The van der Waals surface area contributed by atoms with Crippen molar-refractivity contribution in [3.05, 3.63) is 58.6 Å². The van der Waals surface area contributed by atoms with Crippen LogP contribution in [0.5, 0.6) is 5.75 Å². The average Bonchev–Trinajstić information content (AvgIpc) is 2.54. The van der Waals surface area contributed by atoms with E-state index in [9.17, 15) is 13.6 Å². The first-order valence-electron chi connectivity index (χ1n) is 7.67. The van der Waals surface area contributed by atoms with Gasteiger partial charge in [-0.25, -0.2) is 8.78 Å². The summed E-state index contributed by atoms with van der Waals surface area (Å²) in [6.07, 6.45) is 0. The second-order valence-electron chi connectivity index (χ2n) is 5.61. The van der Waals surface area contributed by atoms with E-state index in [4.69, 9.17) is 16.3 Å². The summed E-state index contributed by atoms with van der Waals surface area (Å²) in [6.45, 7) is 3.34. The van der Waals surface area contributed by atoms with E-state index in [1.54, 1.807) is 32.0 Å². The fraction of sp³-hybridized carbons (Fsp3) is 0.278. The van der Waals surface area contributed by atoms with E-state index in [0.717, 1.165) is 6.07 Å². The van der Waals surface area contributed by atoms with Crippen LogP contribution in [0.2, 0.25) is 5.02 Å². The number of carbonyl (C=O) groups is 1. The second-order valence-corrected chi connectivity index (χ2v) is 6.05. The Hall–Kier alpha value is -2.18. The van der Waals surface area contributed by atoms with E-state index in [-0.39, 0.29) is 11.5 Å². The molecule has 134 valence electrons. The third-order valence-corrected chi connectivity index (χ3v) is 3.98. The maximum absolute atomic E-state index is 13.8. The maximum Gasteiger partial charge on any atom is 0.241 e. The monoisotopic (exact) mass is 368 g/mol. The highest BCUT2D eigenvalue weighted by molar-refractivity contribution is 6.31. The van der Waals surface area contributed by atoms with Gasteiger partial charge in [0.2, 0.25) is 5.91 Å². The molecule has 0 radical (unpaired) electrons. The van der Waals surface area contributed by atoms with Crippen LogP contribution in [0, 0.1) is 11.6 Å². The number of anilines is 1. The molecule has 0 aromatic heterocycles.